The number of hydrogen-bond acceptors (Lipinski definition) is 2. The van der Waals surface area contributed by atoms with Crippen LogP contribution >= 0.6 is 0 Å². The molecule has 0 unspecified atom stereocenters. The molecular weight excluding hydrogens is 217 g/mol. The van der Waals surface area contributed by atoms with Crippen molar-refractivity contribution in [3.63, 3.8) is 0 Å². The maximum Gasteiger partial charge on any atom is 0.128 e. The molecule has 0 fully saturated rings. The summed E-state index contributed by atoms with van der Waals surface area (Å²) in [5, 5.41) is 17.7. The van der Waals surface area contributed by atoms with E-state index in [9.17, 15) is 4.39 Å². The number of nitrogens with zero attached hydrogens (tertiary/aromatic N) is 1. The van der Waals surface area contributed by atoms with E-state index in [4.69, 9.17) is 10.4 Å². The number of phenols is 1. The molecule has 0 aliphatic rings. The zero-order valence-corrected chi connectivity index (χ0v) is 9.02. The summed E-state index contributed by atoms with van der Waals surface area (Å²) in [6.07, 6.45) is 0.0711. The van der Waals surface area contributed by atoms with Crippen molar-refractivity contribution in [2.24, 2.45) is 0 Å². The molecule has 0 spiro atoms. The van der Waals surface area contributed by atoms with Crippen molar-refractivity contribution in [2.45, 2.75) is 6.42 Å². The van der Waals surface area contributed by atoms with Crippen molar-refractivity contribution in [1.29, 1.82) is 5.26 Å². The fourth-order valence-electron chi connectivity index (χ4n) is 1.61. The normalized spacial score (nSPS) is 9.88. The highest BCUT2D eigenvalue weighted by atomic mass is 19.1. The topological polar surface area (TPSA) is 44.0 Å². The highest BCUT2D eigenvalue weighted by Crippen LogP contribution is 2.23. The summed E-state index contributed by atoms with van der Waals surface area (Å²) < 4.78 is 13.6. The smallest absolute Gasteiger partial charge is 0.128 e. The van der Waals surface area contributed by atoms with Gasteiger partial charge in [-0.1, -0.05) is 24.3 Å². The van der Waals surface area contributed by atoms with Gasteiger partial charge in [-0.25, -0.2) is 4.39 Å². The molecule has 3 heteroatoms. The van der Waals surface area contributed by atoms with E-state index in [1.165, 1.54) is 6.07 Å². The Bertz CT molecular complexity index is 570. The Balaban J connectivity index is 2.38. The zero-order valence-electron chi connectivity index (χ0n) is 9.02. The average Bonchev–Trinajstić information content (AvgIpc) is 2.33. The molecule has 2 aromatic rings. The maximum atomic E-state index is 13.6. The van der Waals surface area contributed by atoms with Gasteiger partial charge in [0.25, 0.3) is 0 Å². The Morgan fingerprint density at radius 3 is 2.29 bits per heavy atom. The van der Waals surface area contributed by atoms with Gasteiger partial charge in [0.05, 0.1) is 12.5 Å². The second kappa shape index (κ2) is 4.67. The fourth-order valence-corrected chi connectivity index (χ4v) is 1.61. The first-order valence-electron chi connectivity index (χ1n) is 5.15. The Hall–Kier alpha value is -2.34. The maximum absolute atomic E-state index is 13.6. The van der Waals surface area contributed by atoms with Gasteiger partial charge < -0.3 is 5.11 Å². The van der Waals surface area contributed by atoms with Crippen molar-refractivity contribution in [1.82, 2.24) is 0 Å². The molecule has 0 saturated carbocycles. The molecule has 0 heterocycles. The Morgan fingerprint density at radius 2 is 1.71 bits per heavy atom. The summed E-state index contributed by atoms with van der Waals surface area (Å²) in [5.41, 5.74) is 1.95. The zero-order chi connectivity index (χ0) is 12.3. The molecule has 0 aromatic heterocycles. The Labute approximate surface area is 98.6 Å². The lowest BCUT2D eigenvalue weighted by Crippen LogP contribution is -1.89. The molecule has 0 amide bonds. The van der Waals surface area contributed by atoms with Gasteiger partial charge in [0, 0.05) is 5.56 Å². The molecule has 0 radical (unpaired) electrons. The highest BCUT2D eigenvalue weighted by molar-refractivity contribution is 5.64. The Morgan fingerprint density at radius 1 is 1.06 bits per heavy atom. The van der Waals surface area contributed by atoms with Gasteiger partial charge in [-0.2, -0.15) is 5.26 Å². The van der Waals surface area contributed by atoms with E-state index >= 15 is 0 Å². The van der Waals surface area contributed by atoms with Crippen LogP contribution in [-0.4, -0.2) is 5.11 Å². The van der Waals surface area contributed by atoms with Crippen molar-refractivity contribution in [2.75, 3.05) is 0 Å². The van der Waals surface area contributed by atoms with Gasteiger partial charge in [0.1, 0.15) is 11.6 Å². The lowest BCUT2D eigenvalue weighted by atomic mass is 10.0. The van der Waals surface area contributed by atoms with E-state index in [-0.39, 0.29) is 18.0 Å². The lowest BCUT2D eigenvalue weighted by molar-refractivity contribution is 0.475. The van der Waals surface area contributed by atoms with Gasteiger partial charge in [-0.05, 0) is 29.3 Å². The van der Waals surface area contributed by atoms with Crippen LogP contribution in [0.3, 0.4) is 0 Å². The molecule has 0 atom stereocenters. The van der Waals surface area contributed by atoms with E-state index in [0.29, 0.717) is 5.56 Å². The highest BCUT2D eigenvalue weighted by Gasteiger charge is 2.04. The largest absolute Gasteiger partial charge is 0.508 e. The molecule has 2 aromatic carbocycles. The minimum Gasteiger partial charge on any atom is -0.508 e. The third kappa shape index (κ3) is 2.43. The van der Waals surface area contributed by atoms with Crippen molar-refractivity contribution in [3.05, 3.63) is 53.8 Å². The molecule has 17 heavy (non-hydrogen) atoms. The predicted molar refractivity (Wildman–Crippen MR) is 62.8 cm³/mol. The first-order valence-corrected chi connectivity index (χ1v) is 5.15. The molecular formula is C14H10FNO. The number of hydrogen-bond donors (Lipinski definition) is 1. The molecule has 2 rings (SSSR count). The van der Waals surface area contributed by atoms with E-state index in [1.54, 1.807) is 36.4 Å². The SMILES string of the molecule is N#CCc1ccc(-c2ccc(O)cc2)cc1F. The number of rotatable bonds is 2. The molecule has 1 N–H and O–H groups in total. The van der Waals surface area contributed by atoms with Gasteiger partial charge >= 0.3 is 0 Å². The standard InChI is InChI=1S/C14H10FNO/c15-14-9-12(2-1-11(14)7-8-16)10-3-5-13(17)6-4-10/h1-6,9,17H,7H2. The lowest BCUT2D eigenvalue weighted by Gasteiger charge is -2.04. The van der Waals surface area contributed by atoms with Crippen molar-refractivity contribution >= 4 is 0 Å². The van der Waals surface area contributed by atoms with Crippen LogP contribution < -0.4 is 0 Å². The quantitative estimate of drug-likeness (QED) is 0.855. The monoisotopic (exact) mass is 227 g/mol. The van der Waals surface area contributed by atoms with Crippen LogP contribution in [0.4, 0.5) is 4.39 Å². The van der Waals surface area contributed by atoms with E-state index < -0.39 is 0 Å². The van der Waals surface area contributed by atoms with Crippen LogP contribution in [0.2, 0.25) is 0 Å². The minimum absolute atomic E-state index is 0.0711. The van der Waals surface area contributed by atoms with Gasteiger partial charge in [-0.3, -0.25) is 0 Å². The molecule has 84 valence electrons. The molecule has 0 saturated heterocycles. The number of halogens is 1. The summed E-state index contributed by atoms with van der Waals surface area (Å²) >= 11 is 0. The molecule has 0 aliphatic carbocycles. The summed E-state index contributed by atoms with van der Waals surface area (Å²) in [5.74, 6) is -0.201. The number of benzene rings is 2. The summed E-state index contributed by atoms with van der Waals surface area (Å²) in [7, 11) is 0. The van der Waals surface area contributed by atoms with Crippen LogP contribution in [0.1, 0.15) is 5.56 Å². The van der Waals surface area contributed by atoms with Crippen LogP contribution in [0.15, 0.2) is 42.5 Å². The van der Waals surface area contributed by atoms with E-state index in [1.807, 2.05) is 6.07 Å². The van der Waals surface area contributed by atoms with Gasteiger partial charge in [-0.15, -0.1) is 0 Å². The van der Waals surface area contributed by atoms with Gasteiger partial charge in [0.2, 0.25) is 0 Å². The Kier molecular flexibility index (Phi) is 3.06. The van der Waals surface area contributed by atoms with Crippen molar-refractivity contribution < 1.29 is 9.50 Å². The second-order valence-electron chi connectivity index (χ2n) is 3.69. The van der Waals surface area contributed by atoms with Crippen LogP contribution in [0.5, 0.6) is 5.75 Å². The molecule has 2 nitrogen and oxygen atoms in total. The van der Waals surface area contributed by atoms with E-state index in [2.05, 4.69) is 0 Å². The number of aromatic hydroxyl groups is 1. The third-order valence-electron chi connectivity index (χ3n) is 2.52. The minimum atomic E-state index is -0.378. The van der Waals surface area contributed by atoms with Crippen molar-refractivity contribution in [3.8, 4) is 22.9 Å². The number of phenolic OH excluding ortho intramolecular Hbond substituents is 1. The number of nitriles is 1. The third-order valence-corrected chi connectivity index (χ3v) is 2.52. The van der Waals surface area contributed by atoms with Gasteiger partial charge in [0.15, 0.2) is 0 Å². The fraction of sp³-hybridized carbons (Fsp3) is 0.0714. The average molecular weight is 227 g/mol. The predicted octanol–water partition coefficient (Wildman–Crippen LogP) is 3.26. The first kappa shape index (κ1) is 11.2. The van der Waals surface area contributed by atoms with E-state index in [0.717, 1.165) is 11.1 Å². The second-order valence-corrected chi connectivity index (χ2v) is 3.69. The molecule has 0 bridgehead atoms. The van der Waals surface area contributed by atoms with Crippen LogP contribution in [0.25, 0.3) is 11.1 Å². The summed E-state index contributed by atoms with van der Waals surface area (Å²) in [6.45, 7) is 0. The summed E-state index contributed by atoms with van der Waals surface area (Å²) in [4.78, 5) is 0. The first-order chi connectivity index (χ1) is 8.20. The summed E-state index contributed by atoms with van der Waals surface area (Å²) in [6, 6.07) is 13.2. The molecule has 0 aliphatic heterocycles. The van der Waals surface area contributed by atoms with Crippen LogP contribution in [0, 0.1) is 17.1 Å². The van der Waals surface area contributed by atoms with Crippen LogP contribution in [-0.2, 0) is 6.42 Å².